The lowest BCUT2D eigenvalue weighted by atomic mass is 9.79. The zero-order chi connectivity index (χ0) is 10.0. The van der Waals surface area contributed by atoms with E-state index in [-0.39, 0.29) is 11.2 Å². The summed E-state index contributed by atoms with van der Waals surface area (Å²) in [5.74, 6) is 0. The first-order valence-corrected chi connectivity index (χ1v) is 3.43. The third kappa shape index (κ3) is 1.77. The topological polar surface area (TPSA) is 110 Å². The van der Waals surface area contributed by atoms with Crippen LogP contribution >= 0.6 is 0 Å². The van der Waals surface area contributed by atoms with Gasteiger partial charge in [-0.05, 0) is 6.07 Å². The van der Waals surface area contributed by atoms with E-state index in [0.29, 0.717) is 0 Å². The molecule has 0 atom stereocenters. The highest BCUT2D eigenvalue weighted by atomic mass is 16.6. The predicted octanol–water partition coefficient (Wildman–Crippen LogP) is -1.14. The second-order valence-electron chi connectivity index (χ2n) is 2.42. The van der Waals surface area contributed by atoms with Crippen molar-refractivity contribution in [3.63, 3.8) is 0 Å². The average molecular weight is 182 g/mol. The highest BCUT2D eigenvalue weighted by molar-refractivity contribution is 6.60. The van der Waals surface area contributed by atoms with Gasteiger partial charge in [-0.25, -0.2) is 0 Å². The predicted molar refractivity (Wildman–Crippen MR) is 47.3 cm³/mol. The van der Waals surface area contributed by atoms with Crippen molar-refractivity contribution in [2.24, 2.45) is 0 Å². The van der Waals surface area contributed by atoms with Gasteiger partial charge in [0.15, 0.2) is 0 Å². The molecule has 1 aromatic carbocycles. The van der Waals surface area contributed by atoms with Gasteiger partial charge in [0.2, 0.25) is 0 Å². The molecule has 1 aromatic rings. The van der Waals surface area contributed by atoms with Crippen LogP contribution in [0.25, 0.3) is 0 Å². The van der Waals surface area contributed by atoms with E-state index in [0.717, 1.165) is 0 Å². The van der Waals surface area contributed by atoms with Gasteiger partial charge in [0.05, 0.1) is 10.4 Å². The van der Waals surface area contributed by atoms with Crippen LogP contribution in [0.2, 0.25) is 0 Å². The molecule has 0 unspecified atom stereocenters. The normalized spacial score (nSPS) is 9.69. The van der Waals surface area contributed by atoms with Gasteiger partial charge in [-0.1, -0.05) is 12.1 Å². The molecule has 4 N–H and O–H groups in total. The van der Waals surface area contributed by atoms with Crippen molar-refractivity contribution < 1.29 is 15.0 Å². The molecule has 0 saturated carbocycles. The van der Waals surface area contributed by atoms with Crippen LogP contribution in [-0.2, 0) is 0 Å². The van der Waals surface area contributed by atoms with Gasteiger partial charge in [0.1, 0.15) is 5.69 Å². The largest absolute Gasteiger partial charge is 0.495 e. The molecule has 6 nitrogen and oxygen atoms in total. The number of anilines is 1. The smallest absolute Gasteiger partial charge is 0.423 e. The Kier molecular flexibility index (Phi) is 2.50. The van der Waals surface area contributed by atoms with Crippen LogP contribution in [-0.4, -0.2) is 22.1 Å². The fourth-order valence-electron chi connectivity index (χ4n) is 0.999. The van der Waals surface area contributed by atoms with Crippen LogP contribution in [0.15, 0.2) is 18.2 Å². The van der Waals surface area contributed by atoms with Gasteiger partial charge in [0, 0.05) is 0 Å². The molecular formula is C6H7BN2O4. The highest BCUT2D eigenvalue weighted by Crippen LogP contribution is 2.17. The summed E-state index contributed by atoms with van der Waals surface area (Å²) in [4.78, 5) is 9.70. The summed E-state index contributed by atoms with van der Waals surface area (Å²) in [6.45, 7) is 0. The molecule has 68 valence electrons. The molecular weight excluding hydrogens is 175 g/mol. The first-order valence-electron chi connectivity index (χ1n) is 3.43. The van der Waals surface area contributed by atoms with Gasteiger partial charge in [0.25, 0.3) is 5.69 Å². The Hall–Kier alpha value is -1.60. The van der Waals surface area contributed by atoms with E-state index in [1.54, 1.807) is 0 Å². The number of hydrogen-bond donors (Lipinski definition) is 3. The molecule has 13 heavy (non-hydrogen) atoms. The van der Waals surface area contributed by atoms with E-state index < -0.39 is 17.7 Å². The maximum atomic E-state index is 10.5. The lowest BCUT2D eigenvalue weighted by molar-refractivity contribution is -0.382. The molecule has 0 aliphatic rings. The second-order valence-corrected chi connectivity index (χ2v) is 2.42. The number of para-hydroxylation sites is 1. The lowest BCUT2D eigenvalue weighted by Gasteiger charge is -2.02. The van der Waals surface area contributed by atoms with Gasteiger partial charge in [-0.3, -0.25) is 10.1 Å². The minimum atomic E-state index is -1.89. The summed E-state index contributed by atoms with van der Waals surface area (Å²) < 4.78 is 0. The molecule has 7 heteroatoms. The number of benzene rings is 1. The second kappa shape index (κ2) is 3.42. The molecule has 0 radical (unpaired) electrons. The summed E-state index contributed by atoms with van der Waals surface area (Å²) in [5, 5.41) is 28.0. The lowest BCUT2D eigenvalue weighted by Crippen LogP contribution is -2.32. The van der Waals surface area contributed by atoms with Crippen LogP contribution in [0.3, 0.4) is 0 Å². The van der Waals surface area contributed by atoms with Gasteiger partial charge >= 0.3 is 7.12 Å². The molecule has 0 aliphatic heterocycles. The monoisotopic (exact) mass is 182 g/mol. The number of nitrogens with two attached hydrogens (primary N) is 1. The molecule has 1 rings (SSSR count). The Morgan fingerprint density at radius 3 is 2.46 bits per heavy atom. The quantitative estimate of drug-likeness (QED) is 0.231. The third-order valence-corrected chi connectivity index (χ3v) is 1.56. The van der Waals surface area contributed by atoms with Crippen molar-refractivity contribution in [1.82, 2.24) is 0 Å². The van der Waals surface area contributed by atoms with Crippen molar-refractivity contribution >= 4 is 24.0 Å². The van der Waals surface area contributed by atoms with E-state index in [1.807, 2.05) is 0 Å². The van der Waals surface area contributed by atoms with E-state index in [9.17, 15) is 10.1 Å². The number of rotatable bonds is 2. The Morgan fingerprint density at radius 2 is 2.08 bits per heavy atom. The van der Waals surface area contributed by atoms with Crippen molar-refractivity contribution in [1.29, 1.82) is 0 Å². The summed E-state index contributed by atoms with van der Waals surface area (Å²) in [5.41, 5.74) is 4.54. The first-order chi connectivity index (χ1) is 6.04. The molecule has 0 spiro atoms. The highest BCUT2D eigenvalue weighted by Gasteiger charge is 2.25. The fourth-order valence-corrected chi connectivity index (χ4v) is 0.999. The zero-order valence-electron chi connectivity index (χ0n) is 6.54. The number of nitrogen functional groups attached to an aromatic ring is 1. The fraction of sp³-hybridized carbons (Fsp3) is 0. The number of nitro benzene ring substituents is 1. The van der Waals surface area contributed by atoms with Gasteiger partial charge < -0.3 is 15.8 Å². The van der Waals surface area contributed by atoms with Crippen LogP contribution < -0.4 is 11.2 Å². The minimum Gasteiger partial charge on any atom is -0.423 e. The first kappa shape index (κ1) is 9.49. The van der Waals surface area contributed by atoms with E-state index in [4.69, 9.17) is 15.8 Å². The van der Waals surface area contributed by atoms with E-state index >= 15 is 0 Å². The molecule has 0 bridgehead atoms. The Balaban J connectivity index is 3.34. The SMILES string of the molecule is Nc1cccc(B(O)O)c1[N+](=O)[O-]. The van der Waals surface area contributed by atoms with E-state index in [2.05, 4.69) is 0 Å². The molecule has 0 amide bonds. The van der Waals surface area contributed by atoms with Crippen molar-refractivity contribution in [2.75, 3.05) is 5.73 Å². The third-order valence-electron chi connectivity index (χ3n) is 1.56. The number of nitrogens with zero attached hydrogens (tertiary/aromatic N) is 1. The molecule has 0 aliphatic carbocycles. The summed E-state index contributed by atoms with van der Waals surface area (Å²) in [6.07, 6.45) is 0. The average Bonchev–Trinajstić information content (AvgIpc) is 2.02. The molecule has 0 heterocycles. The van der Waals surface area contributed by atoms with Crippen LogP contribution in [0, 0.1) is 10.1 Å². The molecule has 0 fully saturated rings. The van der Waals surface area contributed by atoms with Gasteiger partial charge in [-0.15, -0.1) is 0 Å². The summed E-state index contributed by atoms with van der Waals surface area (Å²) >= 11 is 0. The Bertz CT molecular complexity index is 341. The van der Waals surface area contributed by atoms with Crippen molar-refractivity contribution in [3.05, 3.63) is 28.3 Å². The van der Waals surface area contributed by atoms with Crippen LogP contribution in [0.5, 0.6) is 0 Å². The summed E-state index contributed by atoms with van der Waals surface area (Å²) in [7, 11) is -1.89. The van der Waals surface area contributed by atoms with Crippen molar-refractivity contribution in [3.8, 4) is 0 Å². The zero-order valence-corrected chi connectivity index (χ0v) is 6.54. The van der Waals surface area contributed by atoms with E-state index in [1.165, 1.54) is 18.2 Å². The molecule has 0 aromatic heterocycles. The Labute approximate surface area is 73.9 Å². The summed E-state index contributed by atoms with van der Waals surface area (Å²) in [6, 6.07) is 3.97. The standard InChI is InChI=1S/C6H7BN2O4/c8-5-3-1-2-4(7(10)11)6(5)9(12)13/h1-3,10-11H,8H2. The van der Waals surface area contributed by atoms with Crippen molar-refractivity contribution in [2.45, 2.75) is 0 Å². The maximum absolute atomic E-state index is 10.5. The number of hydrogen-bond acceptors (Lipinski definition) is 5. The Morgan fingerprint density at radius 1 is 1.46 bits per heavy atom. The molecule has 0 saturated heterocycles. The minimum absolute atomic E-state index is 0.0874. The van der Waals surface area contributed by atoms with Gasteiger partial charge in [-0.2, -0.15) is 0 Å². The number of nitro groups is 1. The van der Waals surface area contributed by atoms with Crippen LogP contribution in [0.4, 0.5) is 11.4 Å². The van der Waals surface area contributed by atoms with Crippen LogP contribution in [0.1, 0.15) is 0 Å². The maximum Gasteiger partial charge on any atom is 0.495 e.